The fraction of sp³-hybridized carbons (Fsp3) is 0.214. The minimum atomic E-state index is -4.33. The summed E-state index contributed by atoms with van der Waals surface area (Å²) in [6.45, 7) is 0. The molecule has 0 radical (unpaired) electrons. The molecule has 0 aliphatic carbocycles. The molecule has 1 aromatic carbocycles. The van der Waals surface area contributed by atoms with Crippen molar-refractivity contribution in [3.05, 3.63) is 57.8 Å². The van der Waals surface area contributed by atoms with Crippen LogP contribution in [0.25, 0.3) is 0 Å². The van der Waals surface area contributed by atoms with Gasteiger partial charge in [0.15, 0.2) is 0 Å². The number of fused-ring (bicyclic) bond motifs is 1. The summed E-state index contributed by atoms with van der Waals surface area (Å²) in [6.07, 6.45) is -2.54. The normalized spacial score (nSPS) is 17.7. The number of halogens is 4. The maximum atomic E-state index is 12.7. The molecule has 0 saturated heterocycles. The molecule has 104 valence electrons. The number of hydrogen-bond donors (Lipinski definition) is 0. The SMILES string of the molecule is FC(F)(F)c1ccc2c(c1)CC(c1ccnc(Br)c1)O2. The van der Waals surface area contributed by atoms with Crippen molar-refractivity contribution < 1.29 is 17.9 Å². The molecule has 1 aromatic heterocycles. The van der Waals surface area contributed by atoms with E-state index in [4.69, 9.17) is 4.74 Å². The molecule has 1 aliphatic rings. The van der Waals surface area contributed by atoms with Crippen LogP contribution in [0.3, 0.4) is 0 Å². The van der Waals surface area contributed by atoms with Crippen LogP contribution in [-0.2, 0) is 12.6 Å². The van der Waals surface area contributed by atoms with Crippen LogP contribution >= 0.6 is 15.9 Å². The van der Waals surface area contributed by atoms with Gasteiger partial charge in [-0.25, -0.2) is 4.98 Å². The zero-order chi connectivity index (χ0) is 14.3. The molecule has 1 aliphatic heterocycles. The molecule has 2 heterocycles. The molecule has 0 spiro atoms. The summed E-state index contributed by atoms with van der Waals surface area (Å²) in [5.74, 6) is 0.510. The predicted octanol–water partition coefficient (Wildman–Crippen LogP) is 4.54. The van der Waals surface area contributed by atoms with E-state index in [1.54, 1.807) is 18.3 Å². The van der Waals surface area contributed by atoms with Gasteiger partial charge in [-0.15, -0.1) is 0 Å². The van der Waals surface area contributed by atoms with E-state index in [2.05, 4.69) is 20.9 Å². The predicted molar refractivity (Wildman–Crippen MR) is 70.5 cm³/mol. The van der Waals surface area contributed by atoms with E-state index in [1.165, 1.54) is 6.07 Å². The van der Waals surface area contributed by atoms with E-state index in [0.717, 1.165) is 17.7 Å². The Hall–Kier alpha value is -1.56. The van der Waals surface area contributed by atoms with Gasteiger partial charge in [0, 0.05) is 12.6 Å². The Kier molecular flexibility index (Phi) is 3.20. The number of hydrogen-bond acceptors (Lipinski definition) is 2. The monoisotopic (exact) mass is 343 g/mol. The summed E-state index contributed by atoms with van der Waals surface area (Å²) in [6, 6.07) is 7.19. The van der Waals surface area contributed by atoms with Crippen molar-refractivity contribution in [3.63, 3.8) is 0 Å². The van der Waals surface area contributed by atoms with Gasteiger partial charge < -0.3 is 4.74 Å². The van der Waals surface area contributed by atoms with Crippen molar-refractivity contribution in [2.45, 2.75) is 18.7 Å². The van der Waals surface area contributed by atoms with Crippen molar-refractivity contribution in [2.75, 3.05) is 0 Å². The second-order valence-corrected chi connectivity index (χ2v) is 5.36. The number of rotatable bonds is 1. The van der Waals surface area contributed by atoms with Gasteiger partial charge in [-0.3, -0.25) is 0 Å². The molecule has 3 rings (SSSR count). The van der Waals surface area contributed by atoms with E-state index in [0.29, 0.717) is 22.3 Å². The summed E-state index contributed by atoms with van der Waals surface area (Å²) in [5, 5.41) is 0. The lowest BCUT2D eigenvalue weighted by Gasteiger charge is -2.10. The lowest BCUT2D eigenvalue weighted by molar-refractivity contribution is -0.137. The Morgan fingerprint density at radius 2 is 2.00 bits per heavy atom. The molecule has 0 saturated carbocycles. The van der Waals surface area contributed by atoms with Crippen LogP contribution in [0.1, 0.15) is 22.8 Å². The van der Waals surface area contributed by atoms with Crippen molar-refractivity contribution in [2.24, 2.45) is 0 Å². The van der Waals surface area contributed by atoms with Gasteiger partial charge in [-0.1, -0.05) is 0 Å². The standard InChI is InChI=1S/C14H9BrF3NO/c15-13-7-8(3-4-19-13)12-6-9-5-10(14(16,17)18)1-2-11(9)20-12/h1-5,7,12H,6H2. The van der Waals surface area contributed by atoms with Crippen LogP contribution in [0.5, 0.6) is 5.75 Å². The molecule has 6 heteroatoms. The Balaban J connectivity index is 1.89. The molecular formula is C14H9BrF3NO. The maximum absolute atomic E-state index is 12.7. The number of ether oxygens (including phenoxy) is 1. The summed E-state index contributed by atoms with van der Waals surface area (Å²) >= 11 is 3.27. The Bertz CT molecular complexity index is 657. The van der Waals surface area contributed by atoms with E-state index in [1.807, 2.05) is 0 Å². The molecule has 0 fully saturated rings. The average Bonchev–Trinajstić information content (AvgIpc) is 2.80. The average molecular weight is 344 g/mol. The van der Waals surface area contributed by atoms with Gasteiger partial charge in [0.05, 0.1) is 5.56 Å². The Morgan fingerprint density at radius 3 is 2.70 bits per heavy atom. The van der Waals surface area contributed by atoms with Crippen LogP contribution in [0.15, 0.2) is 41.1 Å². The van der Waals surface area contributed by atoms with Gasteiger partial charge in [-0.2, -0.15) is 13.2 Å². The van der Waals surface area contributed by atoms with Gasteiger partial charge in [0.2, 0.25) is 0 Å². The minimum absolute atomic E-state index is 0.271. The smallest absolute Gasteiger partial charge is 0.416 e. The molecule has 1 unspecified atom stereocenters. The second kappa shape index (κ2) is 4.77. The number of aromatic nitrogens is 1. The summed E-state index contributed by atoms with van der Waals surface area (Å²) in [5.41, 5.74) is 0.825. The van der Waals surface area contributed by atoms with E-state index in [9.17, 15) is 13.2 Å². The Labute approximate surface area is 121 Å². The van der Waals surface area contributed by atoms with Crippen molar-refractivity contribution in [1.29, 1.82) is 0 Å². The van der Waals surface area contributed by atoms with Crippen molar-refractivity contribution in [3.8, 4) is 5.75 Å². The van der Waals surface area contributed by atoms with Crippen LogP contribution < -0.4 is 4.74 Å². The fourth-order valence-electron chi connectivity index (χ4n) is 2.23. The first-order valence-electron chi connectivity index (χ1n) is 5.92. The highest BCUT2D eigenvalue weighted by Gasteiger charge is 2.33. The van der Waals surface area contributed by atoms with Gasteiger partial charge in [0.25, 0.3) is 0 Å². The molecule has 0 bridgehead atoms. The lowest BCUT2D eigenvalue weighted by atomic mass is 10.0. The lowest BCUT2D eigenvalue weighted by Crippen LogP contribution is -2.04. The number of benzene rings is 1. The van der Waals surface area contributed by atoms with Crippen LogP contribution in [0.4, 0.5) is 13.2 Å². The van der Waals surface area contributed by atoms with Gasteiger partial charge in [-0.05, 0) is 57.4 Å². The first kappa shape index (κ1) is 13.4. The number of nitrogens with zero attached hydrogens (tertiary/aromatic N) is 1. The third-order valence-electron chi connectivity index (χ3n) is 3.18. The van der Waals surface area contributed by atoms with Crippen LogP contribution in [0, 0.1) is 0 Å². The molecule has 20 heavy (non-hydrogen) atoms. The third-order valence-corrected chi connectivity index (χ3v) is 3.62. The molecule has 2 aromatic rings. The fourth-order valence-corrected chi connectivity index (χ4v) is 2.61. The second-order valence-electron chi connectivity index (χ2n) is 4.54. The van der Waals surface area contributed by atoms with Crippen molar-refractivity contribution >= 4 is 15.9 Å². The first-order chi connectivity index (χ1) is 9.43. The maximum Gasteiger partial charge on any atom is 0.416 e. The van der Waals surface area contributed by atoms with Gasteiger partial charge in [0.1, 0.15) is 16.5 Å². The zero-order valence-corrected chi connectivity index (χ0v) is 11.7. The van der Waals surface area contributed by atoms with E-state index < -0.39 is 11.7 Å². The number of alkyl halides is 3. The highest BCUT2D eigenvalue weighted by molar-refractivity contribution is 9.10. The van der Waals surface area contributed by atoms with Gasteiger partial charge >= 0.3 is 6.18 Å². The molecule has 1 atom stereocenters. The summed E-state index contributed by atoms with van der Waals surface area (Å²) in [4.78, 5) is 4.02. The quantitative estimate of drug-likeness (QED) is 0.709. The van der Waals surface area contributed by atoms with E-state index >= 15 is 0 Å². The summed E-state index contributed by atoms with van der Waals surface area (Å²) in [7, 11) is 0. The minimum Gasteiger partial charge on any atom is -0.485 e. The highest BCUT2D eigenvalue weighted by Crippen LogP contribution is 2.40. The molecule has 0 amide bonds. The molecular weight excluding hydrogens is 335 g/mol. The number of pyridine rings is 1. The molecule has 2 nitrogen and oxygen atoms in total. The zero-order valence-electron chi connectivity index (χ0n) is 10.1. The van der Waals surface area contributed by atoms with Crippen LogP contribution in [-0.4, -0.2) is 4.98 Å². The molecule has 0 N–H and O–H groups in total. The summed E-state index contributed by atoms with van der Waals surface area (Å²) < 4.78 is 44.4. The van der Waals surface area contributed by atoms with E-state index in [-0.39, 0.29) is 6.10 Å². The topological polar surface area (TPSA) is 22.1 Å². The largest absolute Gasteiger partial charge is 0.485 e. The van der Waals surface area contributed by atoms with Crippen LogP contribution in [0.2, 0.25) is 0 Å². The van der Waals surface area contributed by atoms with Crippen molar-refractivity contribution in [1.82, 2.24) is 4.98 Å². The Morgan fingerprint density at radius 1 is 1.20 bits per heavy atom. The third kappa shape index (κ3) is 2.52. The first-order valence-corrected chi connectivity index (χ1v) is 6.71. The highest BCUT2D eigenvalue weighted by atomic mass is 79.9.